The fraction of sp³-hybridized carbons (Fsp3) is 0.579. The van der Waals surface area contributed by atoms with Crippen molar-refractivity contribution in [3.8, 4) is 0 Å². The van der Waals surface area contributed by atoms with E-state index in [9.17, 15) is 14.7 Å². The van der Waals surface area contributed by atoms with Crippen molar-refractivity contribution in [2.24, 2.45) is 11.3 Å². The molecule has 1 saturated heterocycles. The summed E-state index contributed by atoms with van der Waals surface area (Å²) in [5.74, 6) is 0.183. The van der Waals surface area contributed by atoms with Gasteiger partial charge < -0.3 is 25.4 Å². The van der Waals surface area contributed by atoms with E-state index in [2.05, 4.69) is 10.6 Å². The van der Waals surface area contributed by atoms with Gasteiger partial charge in [-0.25, -0.2) is 9.59 Å². The molecule has 3 amide bonds. The van der Waals surface area contributed by atoms with Crippen molar-refractivity contribution in [1.29, 1.82) is 0 Å². The first-order chi connectivity index (χ1) is 12.4. The van der Waals surface area contributed by atoms with Crippen molar-refractivity contribution in [3.05, 3.63) is 29.8 Å². The number of aliphatic hydroxyl groups excluding tert-OH is 1. The Balaban J connectivity index is 1.46. The van der Waals surface area contributed by atoms with Gasteiger partial charge in [-0.2, -0.15) is 0 Å². The zero-order valence-electron chi connectivity index (χ0n) is 15.3. The third-order valence-corrected chi connectivity index (χ3v) is 5.18. The molecule has 2 aliphatic rings. The normalized spacial score (nSPS) is 19.2. The molecule has 1 aliphatic carbocycles. The summed E-state index contributed by atoms with van der Waals surface area (Å²) in [7, 11) is 0. The van der Waals surface area contributed by atoms with Crippen molar-refractivity contribution in [3.63, 3.8) is 0 Å². The predicted octanol–water partition coefficient (Wildman–Crippen LogP) is 2.56. The van der Waals surface area contributed by atoms with E-state index in [4.69, 9.17) is 4.74 Å². The average molecular weight is 361 g/mol. The molecule has 1 aromatic carbocycles. The van der Waals surface area contributed by atoms with Crippen LogP contribution in [0.4, 0.5) is 15.3 Å². The van der Waals surface area contributed by atoms with Crippen LogP contribution >= 0.6 is 0 Å². The minimum Gasteiger partial charge on any atom is -0.448 e. The molecular weight excluding hydrogens is 334 g/mol. The van der Waals surface area contributed by atoms with Gasteiger partial charge in [0.15, 0.2) is 0 Å². The lowest BCUT2D eigenvalue weighted by molar-refractivity contribution is 0.0518. The summed E-state index contributed by atoms with van der Waals surface area (Å²) in [6.45, 7) is 6.01. The molecule has 26 heavy (non-hydrogen) atoms. The van der Waals surface area contributed by atoms with Crippen LogP contribution in [0.5, 0.6) is 0 Å². The lowest BCUT2D eigenvalue weighted by Gasteiger charge is -2.25. The summed E-state index contributed by atoms with van der Waals surface area (Å²) in [5, 5.41) is 15.9. The van der Waals surface area contributed by atoms with E-state index in [0.29, 0.717) is 31.9 Å². The zero-order chi connectivity index (χ0) is 18.7. The molecule has 3 rings (SSSR count). The fourth-order valence-corrected chi connectivity index (χ4v) is 3.36. The minimum absolute atomic E-state index is 0.167. The molecule has 0 aromatic heterocycles. The van der Waals surface area contributed by atoms with Crippen molar-refractivity contribution in [2.75, 3.05) is 25.0 Å². The monoisotopic (exact) mass is 361 g/mol. The summed E-state index contributed by atoms with van der Waals surface area (Å²) in [5.41, 5.74) is 1.50. The van der Waals surface area contributed by atoms with Gasteiger partial charge in [-0.05, 0) is 36.5 Å². The number of hydrogen-bond acceptors (Lipinski definition) is 4. The summed E-state index contributed by atoms with van der Waals surface area (Å²) >= 11 is 0. The van der Waals surface area contributed by atoms with E-state index in [-0.39, 0.29) is 29.6 Å². The maximum Gasteiger partial charge on any atom is 0.410 e. The number of nitrogens with zero attached hydrogens (tertiary/aromatic N) is 1. The SMILES string of the molecule is CC(C)C(O)C1(CNC(=O)Nc2ccc(CN3CCOC3=O)cc2)CC1. The van der Waals surface area contributed by atoms with Crippen LogP contribution in [0, 0.1) is 11.3 Å². The first-order valence-corrected chi connectivity index (χ1v) is 9.13. The molecule has 7 nitrogen and oxygen atoms in total. The second-order valence-corrected chi connectivity index (χ2v) is 7.59. The van der Waals surface area contributed by atoms with Crippen LogP contribution in [0.25, 0.3) is 0 Å². The maximum absolute atomic E-state index is 12.1. The summed E-state index contributed by atoms with van der Waals surface area (Å²) in [6, 6.07) is 7.11. The van der Waals surface area contributed by atoms with Crippen LogP contribution in [0.2, 0.25) is 0 Å². The van der Waals surface area contributed by atoms with Crippen molar-refractivity contribution in [2.45, 2.75) is 39.3 Å². The van der Waals surface area contributed by atoms with Gasteiger partial charge in [0, 0.05) is 24.2 Å². The predicted molar refractivity (Wildman–Crippen MR) is 97.7 cm³/mol. The summed E-state index contributed by atoms with van der Waals surface area (Å²) in [6.07, 6.45) is 1.21. The van der Waals surface area contributed by atoms with Crippen LogP contribution in [-0.2, 0) is 11.3 Å². The van der Waals surface area contributed by atoms with Crippen LogP contribution < -0.4 is 10.6 Å². The molecule has 0 bridgehead atoms. The molecule has 1 atom stereocenters. The third kappa shape index (κ3) is 4.27. The molecule has 1 saturated carbocycles. The standard InChI is InChI=1S/C19H27N3O4/c1-13(2)16(23)19(7-8-19)12-20-17(24)21-15-5-3-14(4-6-15)11-22-9-10-26-18(22)25/h3-6,13,16,23H,7-12H2,1-2H3,(H2,20,21,24). The number of amides is 3. The van der Waals surface area contributed by atoms with Crippen molar-refractivity contribution in [1.82, 2.24) is 10.2 Å². The number of aliphatic hydroxyl groups is 1. The van der Waals surface area contributed by atoms with Gasteiger partial charge in [0.1, 0.15) is 6.61 Å². The van der Waals surface area contributed by atoms with E-state index in [1.54, 1.807) is 4.90 Å². The van der Waals surface area contributed by atoms with Gasteiger partial charge in [-0.3, -0.25) is 0 Å². The molecular formula is C19H27N3O4. The van der Waals surface area contributed by atoms with Gasteiger partial charge >= 0.3 is 12.1 Å². The zero-order valence-corrected chi connectivity index (χ0v) is 15.3. The quantitative estimate of drug-likeness (QED) is 0.696. The van der Waals surface area contributed by atoms with Crippen LogP contribution in [0.15, 0.2) is 24.3 Å². The smallest absolute Gasteiger partial charge is 0.410 e. The molecule has 2 fully saturated rings. The van der Waals surface area contributed by atoms with E-state index in [1.165, 1.54) is 0 Å². The topological polar surface area (TPSA) is 90.9 Å². The van der Waals surface area contributed by atoms with Crippen LogP contribution in [-0.4, -0.2) is 47.9 Å². The van der Waals surface area contributed by atoms with E-state index in [0.717, 1.165) is 18.4 Å². The van der Waals surface area contributed by atoms with Gasteiger partial charge in [0.25, 0.3) is 0 Å². The Bertz CT molecular complexity index is 655. The highest BCUT2D eigenvalue weighted by Gasteiger charge is 2.49. The molecule has 0 spiro atoms. The average Bonchev–Trinajstić information content (AvgIpc) is 3.31. The highest BCUT2D eigenvalue weighted by molar-refractivity contribution is 5.89. The van der Waals surface area contributed by atoms with E-state index < -0.39 is 0 Å². The highest BCUT2D eigenvalue weighted by Crippen LogP contribution is 2.50. The molecule has 1 aliphatic heterocycles. The minimum atomic E-state index is -0.389. The Hall–Kier alpha value is -2.28. The Morgan fingerprint density at radius 3 is 2.54 bits per heavy atom. The van der Waals surface area contributed by atoms with Crippen LogP contribution in [0.1, 0.15) is 32.3 Å². The lowest BCUT2D eigenvalue weighted by atomic mass is 9.90. The second kappa shape index (κ2) is 7.53. The molecule has 1 unspecified atom stereocenters. The Kier molecular flexibility index (Phi) is 5.36. The number of ether oxygens (including phenoxy) is 1. The Labute approximate surface area is 153 Å². The summed E-state index contributed by atoms with van der Waals surface area (Å²) < 4.78 is 4.91. The van der Waals surface area contributed by atoms with E-state index >= 15 is 0 Å². The van der Waals surface area contributed by atoms with Crippen molar-refractivity contribution >= 4 is 17.8 Å². The molecule has 3 N–H and O–H groups in total. The first kappa shape index (κ1) is 18.5. The number of cyclic esters (lactones) is 1. The lowest BCUT2D eigenvalue weighted by Crippen LogP contribution is -2.40. The maximum atomic E-state index is 12.1. The number of nitrogens with one attached hydrogen (secondary N) is 2. The Morgan fingerprint density at radius 2 is 2.00 bits per heavy atom. The fourth-order valence-electron chi connectivity index (χ4n) is 3.36. The van der Waals surface area contributed by atoms with Crippen molar-refractivity contribution < 1.29 is 19.4 Å². The van der Waals surface area contributed by atoms with Crippen LogP contribution in [0.3, 0.4) is 0 Å². The van der Waals surface area contributed by atoms with Gasteiger partial charge in [-0.15, -0.1) is 0 Å². The third-order valence-electron chi connectivity index (χ3n) is 5.18. The number of carbonyl (C=O) groups is 2. The molecule has 7 heteroatoms. The largest absolute Gasteiger partial charge is 0.448 e. The summed E-state index contributed by atoms with van der Waals surface area (Å²) in [4.78, 5) is 25.2. The Morgan fingerprint density at radius 1 is 1.31 bits per heavy atom. The number of hydrogen-bond donors (Lipinski definition) is 3. The molecule has 142 valence electrons. The molecule has 1 heterocycles. The highest BCUT2D eigenvalue weighted by atomic mass is 16.6. The van der Waals surface area contributed by atoms with Gasteiger partial charge in [0.05, 0.1) is 12.6 Å². The second-order valence-electron chi connectivity index (χ2n) is 7.59. The van der Waals surface area contributed by atoms with E-state index in [1.807, 2.05) is 38.1 Å². The number of rotatable bonds is 7. The number of anilines is 1. The van der Waals surface area contributed by atoms with Gasteiger partial charge in [0.2, 0.25) is 0 Å². The number of benzene rings is 1. The van der Waals surface area contributed by atoms with Gasteiger partial charge in [-0.1, -0.05) is 26.0 Å². The first-order valence-electron chi connectivity index (χ1n) is 9.13. The number of carbonyl (C=O) groups excluding carboxylic acids is 2. The molecule has 0 radical (unpaired) electrons. The number of urea groups is 1. The molecule has 1 aromatic rings.